The van der Waals surface area contributed by atoms with E-state index in [4.69, 9.17) is 20.2 Å². The molecule has 2 aromatic carbocycles. The van der Waals surface area contributed by atoms with Crippen LogP contribution in [-0.2, 0) is 11.2 Å². The van der Waals surface area contributed by atoms with Crippen molar-refractivity contribution in [2.75, 3.05) is 7.11 Å². The van der Waals surface area contributed by atoms with E-state index in [2.05, 4.69) is 5.32 Å². The smallest absolute Gasteiger partial charge is 0.252 e. The third kappa shape index (κ3) is 4.17. The first kappa shape index (κ1) is 24.4. The van der Waals surface area contributed by atoms with Crippen LogP contribution in [0, 0.1) is 0 Å². The van der Waals surface area contributed by atoms with Gasteiger partial charge in [-0.2, -0.15) is 0 Å². The van der Waals surface area contributed by atoms with Crippen LogP contribution in [0.2, 0.25) is 0 Å². The molecular formula is C27H31N3O5. The Morgan fingerprint density at radius 2 is 1.86 bits per heavy atom. The number of nitrogens with two attached hydrogens (primary N) is 1. The molecule has 35 heavy (non-hydrogen) atoms. The Bertz CT molecular complexity index is 1300. The van der Waals surface area contributed by atoms with E-state index in [1.165, 1.54) is 0 Å². The van der Waals surface area contributed by atoms with Crippen molar-refractivity contribution in [2.45, 2.75) is 64.6 Å². The molecule has 0 radical (unpaired) electrons. The van der Waals surface area contributed by atoms with Gasteiger partial charge in [0.1, 0.15) is 16.7 Å². The van der Waals surface area contributed by atoms with Crippen molar-refractivity contribution in [2.24, 2.45) is 10.7 Å². The highest BCUT2D eigenvalue weighted by Crippen LogP contribution is 2.47. The van der Waals surface area contributed by atoms with E-state index in [9.17, 15) is 14.4 Å². The number of amides is 2. The van der Waals surface area contributed by atoms with E-state index >= 15 is 0 Å². The molecule has 0 bridgehead atoms. The Kier molecular flexibility index (Phi) is 5.54. The molecule has 0 aromatic heterocycles. The van der Waals surface area contributed by atoms with Gasteiger partial charge in [-0.3, -0.25) is 19.4 Å². The summed E-state index contributed by atoms with van der Waals surface area (Å²) in [5, 5.41) is 2.67. The lowest BCUT2D eigenvalue weighted by atomic mass is 9.80. The van der Waals surface area contributed by atoms with Crippen LogP contribution in [0.4, 0.5) is 0 Å². The van der Waals surface area contributed by atoms with Gasteiger partial charge < -0.3 is 20.5 Å². The molecule has 184 valence electrons. The first-order chi connectivity index (χ1) is 16.2. The predicted octanol–water partition coefficient (Wildman–Crippen LogP) is 3.21. The molecule has 2 aliphatic heterocycles. The van der Waals surface area contributed by atoms with Crippen LogP contribution in [-0.4, -0.2) is 47.1 Å². The molecule has 4 rings (SSSR count). The zero-order chi connectivity index (χ0) is 25.9. The highest BCUT2D eigenvalue weighted by atomic mass is 16.5. The van der Waals surface area contributed by atoms with E-state index in [-0.39, 0.29) is 5.78 Å². The summed E-state index contributed by atoms with van der Waals surface area (Å²) in [4.78, 5) is 42.9. The maximum atomic E-state index is 13.4. The standard InChI is InChI=1S/C27H31N3O5/c1-25(2)13-17-19-16(12-18(34-7)21(17)35-25)22(31)26(3,4)29-20(19)14-9-8-10-15(11-14)23(32)30-27(5,6)24(28)33/h8-12H,13H2,1-7H3,(H2,28,33)(H,30,32). The minimum Gasteiger partial charge on any atom is -0.493 e. The van der Waals surface area contributed by atoms with Crippen LogP contribution in [0.3, 0.4) is 0 Å². The lowest BCUT2D eigenvalue weighted by molar-refractivity contribution is -0.122. The number of aliphatic imine (C=N–C) groups is 1. The van der Waals surface area contributed by atoms with E-state index in [1.807, 2.05) is 19.9 Å². The van der Waals surface area contributed by atoms with Gasteiger partial charge in [0.15, 0.2) is 17.3 Å². The van der Waals surface area contributed by atoms with Crippen molar-refractivity contribution in [1.29, 1.82) is 0 Å². The van der Waals surface area contributed by atoms with E-state index < -0.39 is 28.5 Å². The van der Waals surface area contributed by atoms with Crippen molar-refractivity contribution < 1.29 is 23.9 Å². The van der Waals surface area contributed by atoms with Gasteiger partial charge in [0.2, 0.25) is 5.91 Å². The summed E-state index contributed by atoms with van der Waals surface area (Å²) in [7, 11) is 1.56. The fourth-order valence-electron chi connectivity index (χ4n) is 4.46. The highest BCUT2D eigenvalue weighted by molar-refractivity contribution is 6.25. The lowest BCUT2D eigenvalue weighted by Gasteiger charge is -2.29. The maximum absolute atomic E-state index is 13.4. The zero-order valence-corrected chi connectivity index (χ0v) is 21.2. The number of ketones is 1. The molecule has 0 unspecified atom stereocenters. The second-order valence-electron chi connectivity index (χ2n) is 10.7. The van der Waals surface area contributed by atoms with Gasteiger partial charge in [-0.25, -0.2) is 0 Å². The Labute approximate surface area is 204 Å². The molecule has 2 heterocycles. The molecule has 0 spiro atoms. The van der Waals surface area contributed by atoms with Crippen LogP contribution < -0.4 is 20.5 Å². The number of Topliss-reactive ketones (excluding diaryl/α,β-unsaturated/α-hetero) is 1. The highest BCUT2D eigenvalue weighted by Gasteiger charge is 2.43. The molecule has 0 aliphatic carbocycles. The number of nitrogens with one attached hydrogen (secondary N) is 1. The normalized spacial score (nSPS) is 17.6. The molecule has 2 aromatic rings. The Morgan fingerprint density at radius 3 is 2.49 bits per heavy atom. The van der Waals surface area contributed by atoms with Crippen LogP contribution in [0.15, 0.2) is 35.3 Å². The molecule has 0 saturated carbocycles. The number of hydrogen-bond acceptors (Lipinski definition) is 6. The summed E-state index contributed by atoms with van der Waals surface area (Å²) < 4.78 is 11.8. The van der Waals surface area contributed by atoms with Crippen molar-refractivity contribution in [1.82, 2.24) is 5.32 Å². The summed E-state index contributed by atoms with van der Waals surface area (Å²) in [6.07, 6.45) is 0.571. The summed E-state index contributed by atoms with van der Waals surface area (Å²) in [5.74, 6) is -0.0729. The first-order valence-corrected chi connectivity index (χ1v) is 11.5. The molecule has 8 nitrogen and oxygen atoms in total. The molecular weight excluding hydrogens is 446 g/mol. The average Bonchev–Trinajstić information content (AvgIpc) is 3.10. The number of nitrogens with zero attached hydrogens (tertiary/aromatic N) is 1. The van der Waals surface area contributed by atoms with Crippen LogP contribution in [0.25, 0.3) is 0 Å². The Hall–Kier alpha value is -3.68. The van der Waals surface area contributed by atoms with Crippen molar-refractivity contribution in [3.05, 3.63) is 58.1 Å². The lowest BCUT2D eigenvalue weighted by Crippen LogP contribution is -2.53. The van der Waals surface area contributed by atoms with Crippen LogP contribution in [0.5, 0.6) is 11.5 Å². The predicted molar refractivity (Wildman–Crippen MR) is 133 cm³/mol. The Morgan fingerprint density at radius 1 is 1.17 bits per heavy atom. The molecule has 0 saturated heterocycles. The van der Waals surface area contributed by atoms with E-state index in [0.29, 0.717) is 45.9 Å². The van der Waals surface area contributed by atoms with Gasteiger partial charge in [0, 0.05) is 34.2 Å². The van der Waals surface area contributed by atoms with Gasteiger partial charge in [-0.15, -0.1) is 0 Å². The summed E-state index contributed by atoms with van der Waals surface area (Å²) >= 11 is 0. The number of benzene rings is 2. The number of primary amides is 1. The van der Waals surface area contributed by atoms with Crippen LogP contribution in [0.1, 0.15) is 78.9 Å². The monoisotopic (exact) mass is 477 g/mol. The summed E-state index contributed by atoms with van der Waals surface area (Å²) in [6.45, 7) is 10.6. The number of carbonyl (C=O) groups is 3. The summed E-state index contributed by atoms with van der Waals surface area (Å²) in [6, 6.07) is 8.68. The molecule has 2 aliphatic rings. The van der Waals surface area contributed by atoms with Crippen LogP contribution >= 0.6 is 0 Å². The third-order valence-corrected chi connectivity index (χ3v) is 6.41. The number of fused-ring (bicyclic) bond motifs is 3. The number of rotatable bonds is 5. The molecule has 2 amide bonds. The van der Waals surface area contributed by atoms with Crippen molar-refractivity contribution >= 4 is 23.3 Å². The molecule has 8 heteroatoms. The SMILES string of the molecule is COc1cc2c(c3c1OC(C)(C)C3)C(c1cccc(C(=O)NC(C)(C)C(N)=O)c1)=NC(C)(C)C2=O. The van der Waals surface area contributed by atoms with Crippen molar-refractivity contribution in [3.8, 4) is 11.5 Å². The van der Waals surface area contributed by atoms with Gasteiger partial charge in [-0.1, -0.05) is 12.1 Å². The fraction of sp³-hybridized carbons (Fsp3) is 0.407. The van der Waals surface area contributed by atoms with Gasteiger partial charge >= 0.3 is 0 Å². The van der Waals surface area contributed by atoms with E-state index in [1.54, 1.807) is 59.1 Å². The van der Waals surface area contributed by atoms with Gasteiger partial charge in [0.05, 0.1) is 12.8 Å². The number of methoxy groups -OCH3 is 1. The quantitative estimate of drug-likeness (QED) is 0.685. The Balaban J connectivity index is 1.88. The maximum Gasteiger partial charge on any atom is 0.252 e. The largest absolute Gasteiger partial charge is 0.493 e. The minimum absolute atomic E-state index is 0.112. The third-order valence-electron chi connectivity index (χ3n) is 6.41. The number of ether oxygens (including phenoxy) is 2. The number of hydrogen-bond donors (Lipinski definition) is 2. The fourth-order valence-corrected chi connectivity index (χ4v) is 4.46. The first-order valence-electron chi connectivity index (χ1n) is 11.5. The van der Waals surface area contributed by atoms with Gasteiger partial charge in [-0.05, 0) is 59.7 Å². The minimum atomic E-state index is -1.21. The molecule has 0 fully saturated rings. The molecule has 3 N–H and O–H groups in total. The van der Waals surface area contributed by atoms with E-state index in [0.717, 1.165) is 5.56 Å². The summed E-state index contributed by atoms with van der Waals surface area (Å²) in [5.41, 5.74) is 6.41. The zero-order valence-electron chi connectivity index (χ0n) is 21.2. The average molecular weight is 478 g/mol. The topological polar surface area (TPSA) is 120 Å². The second kappa shape index (κ2) is 7.93. The molecule has 0 atom stereocenters. The van der Waals surface area contributed by atoms with Crippen molar-refractivity contribution in [3.63, 3.8) is 0 Å². The number of carbonyl (C=O) groups excluding carboxylic acids is 3. The second-order valence-corrected chi connectivity index (χ2v) is 10.7. The van der Waals surface area contributed by atoms with Gasteiger partial charge in [0.25, 0.3) is 5.91 Å².